The van der Waals surface area contributed by atoms with Crippen molar-refractivity contribution in [2.75, 3.05) is 10.6 Å². The summed E-state index contributed by atoms with van der Waals surface area (Å²) in [6.45, 7) is 6.57. The predicted molar refractivity (Wildman–Crippen MR) is 103 cm³/mol. The first-order valence-corrected chi connectivity index (χ1v) is 8.45. The lowest BCUT2D eigenvalue weighted by Crippen LogP contribution is -2.01. The van der Waals surface area contributed by atoms with Gasteiger partial charge in [-0.05, 0) is 54.7 Å². The van der Waals surface area contributed by atoms with Gasteiger partial charge in [-0.15, -0.1) is 0 Å². The third-order valence-corrected chi connectivity index (χ3v) is 3.66. The fourth-order valence-corrected chi connectivity index (χ4v) is 2.71. The molecule has 1 aromatic carbocycles. The molecule has 0 bridgehead atoms. The smallest absolute Gasteiger partial charge is 0.227 e. The zero-order valence-corrected chi connectivity index (χ0v) is 14.8. The SMILES string of the molecule is Cc1cc(CC(C)C)cc(Nc2ncc(Nc3ccncc3)cn2)c1. The molecule has 0 amide bonds. The average Bonchev–Trinajstić information content (AvgIpc) is 2.56. The zero-order valence-electron chi connectivity index (χ0n) is 14.8. The number of anilines is 4. The van der Waals surface area contributed by atoms with Gasteiger partial charge < -0.3 is 10.6 Å². The third-order valence-electron chi connectivity index (χ3n) is 3.66. The minimum Gasteiger partial charge on any atom is -0.353 e. The van der Waals surface area contributed by atoms with Gasteiger partial charge in [-0.3, -0.25) is 4.98 Å². The van der Waals surface area contributed by atoms with E-state index in [1.807, 2.05) is 12.1 Å². The Kier molecular flexibility index (Phi) is 5.23. The Morgan fingerprint density at radius 3 is 2.28 bits per heavy atom. The number of benzene rings is 1. The van der Waals surface area contributed by atoms with Crippen molar-refractivity contribution in [2.45, 2.75) is 27.2 Å². The summed E-state index contributed by atoms with van der Waals surface area (Å²) in [6, 6.07) is 10.3. The molecule has 0 aliphatic heterocycles. The van der Waals surface area contributed by atoms with E-state index >= 15 is 0 Å². The third kappa shape index (κ3) is 5.01. The van der Waals surface area contributed by atoms with Crippen molar-refractivity contribution in [1.82, 2.24) is 15.0 Å². The molecule has 25 heavy (non-hydrogen) atoms. The Morgan fingerprint density at radius 2 is 1.60 bits per heavy atom. The second kappa shape index (κ2) is 7.75. The lowest BCUT2D eigenvalue weighted by Gasteiger charge is -2.11. The number of aryl methyl sites for hydroxylation is 1. The van der Waals surface area contributed by atoms with Crippen molar-refractivity contribution in [2.24, 2.45) is 5.92 Å². The molecule has 0 fully saturated rings. The van der Waals surface area contributed by atoms with Crippen molar-refractivity contribution in [3.05, 3.63) is 66.2 Å². The summed E-state index contributed by atoms with van der Waals surface area (Å²) in [5.74, 6) is 1.21. The summed E-state index contributed by atoms with van der Waals surface area (Å²) in [6.07, 6.45) is 8.07. The molecule has 2 heterocycles. The average molecular weight is 333 g/mol. The molecule has 5 nitrogen and oxygen atoms in total. The van der Waals surface area contributed by atoms with Crippen LogP contribution in [-0.2, 0) is 6.42 Å². The van der Waals surface area contributed by atoms with Crippen LogP contribution in [0.2, 0.25) is 0 Å². The quantitative estimate of drug-likeness (QED) is 0.674. The van der Waals surface area contributed by atoms with Gasteiger partial charge in [-0.2, -0.15) is 0 Å². The molecule has 3 rings (SSSR count). The molecule has 0 atom stereocenters. The van der Waals surface area contributed by atoms with Crippen molar-refractivity contribution >= 4 is 23.0 Å². The fourth-order valence-electron chi connectivity index (χ4n) is 2.71. The van der Waals surface area contributed by atoms with Crippen LogP contribution in [0.4, 0.5) is 23.0 Å². The van der Waals surface area contributed by atoms with E-state index in [9.17, 15) is 0 Å². The largest absolute Gasteiger partial charge is 0.353 e. The summed E-state index contributed by atoms with van der Waals surface area (Å²) in [7, 11) is 0. The second-order valence-electron chi connectivity index (χ2n) is 6.59. The number of hydrogen-bond donors (Lipinski definition) is 2. The highest BCUT2D eigenvalue weighted by molar-refractivity contribution is 5.60. The molecule has 0 unspecified atom stereocenters. The first-order valence-electron chi connectivity index (χ1n) is 8.45. The van der Waals surface area contributed by atoms with Gasteiger partial charge >= 0.3 is 0 Å². The van der Waals surface area contributed by atoms with Crippen LogP contribution < -0.4 is 10.6 Å². The standard InChI is InChI=1S/C20H23N5/c1-14(2)8-16-9-15(3)10-18(11-16)25-20-22-12-19(13-23-20)24-17-4-6-21-7-5-17/h4-7,9-14H,8H2,1-3H3,(H,21,24)(H,22,23,25). The Balaban J connectivity index is 1.70. The molecular weight excluding hydrogens is 310 g/mol. The van der Waals surface area contributed by atoms with Crippen LogP contribution in [0.25, 0.3) is 0 Å². The van der Waals surface area contributed by atoms with Gasteiger partial charge in [0.05, 0.1) is 18.1 Å². The van der Waals surface area contributed by atoms with Crippen LogP contribution in [0.3, 0.4) is 0 Å². The molecule has 5 heteroatoms. The van der Waals surface area contributed by atoms with E-state index in [-0.39, 0.29) is 0 Å². The number of aromatic nitrogens is 3. The minimum atomic E-state index is 0.585. The second-order valence-corrected chi connectivity index (χ2v) is 6.59. The number of rotatable bonds is 6. The topological polar surface area (TPSA) is 62.7 Å². The first-order chi connectivity index (χ1) is 12.1. The molecule has 0 saturated carbocycles. The Hall–Kier alpha value is -2.95. The van der Waals surface area contributed by atoms with Crippen LogP contribution in [0, 0.1) is 12.8 Å². The Bertz CT molecular complexity index is 813. The van der Waals surface area contributed by atoms with Crippen molar-refractivity contribution in [3.63, 3.8) is 0 Å². The lowest BCUT2D eigenvalue weighted by atomic mass is 10.0. The molecule has 2 aromatic heterocycles. The number of nitrogens with one attached hydrogen (secondary N) is 2. The van der Waals surface area contributed by atoms with Crippen LogP contribution in [-0.4, -0.2) is 15.0 Å². The summed E-state index contributed by atoms with van der Waals surface area (Å²) in [5, 5.41) is 6.53. The maximum absolute atomic E-state index is 4.39. The van der Waals surface area contributed by atoms with Crippen LogP contribution in [0.15, 0.2) is 55.1 Å². The van der Waals surface area contributed by atoms with Crippen LogP contribution >= 0.6 is 0 Å². The molecule has 0 spiro atoms. The minimum absolute atomic E-state index is 0.585. The van der Waals surface area contributed by atoms with Gasteiger partial charge in [0.1, 0.15) is 0 Å². The van der Waals surface area contributed by atoms with E-state index in [4.69, 9.17) is 0 Å². The van der Waals surface area contributed by atoms with Gasteiger partial charge in [0.15, 0.2) is 0 Å². The summed E-state index contributed by atoms with van der Waals surface area (Å²) < 4.78 is 0. The number of nitrogens with zero attached hydrogens (tertiary/aromatic N) is 3. The number of pyridine rings is 1. The Morgan fingerprint density at radius 1 is 0.880 bits per heavy atom. The molecule has 0 radical (unpaired) electrons. The van der Waals surface area contributed by atoms with Crippen molar-refractivity contribution < 1.29 is 0 Å². The predicted octanol–water partition coefficient (Wildman–Crippen LogP) is 4.87. The molecular formula is C20H23N5. The summed E-state index contributed by atoms with van der Waals surface area (Å²) >= 11 is 0. The maximum atomic E-state index is 4.39. The molecule has 3 aromatic rings. The van der Waals surface area contributed by atoms with Crippen molar-refractivity contribution in [1.29, 1.82) is 0 Å². The first kappa shape index (κ1) is 16.9. The molecule has 2 N–H and O–H groups in total. The Labute approximate surface area is 148 Å². The molecule has 0 aliphatic carbocycles. The molecule has 0 saturated heterocycles. The summed E-state index contributed by atoms with van der Waals surface area (Å²) in [5.41, 5.74) is 5.37. The normalized spacial score (nSPS) is 10.7. The van der Waals surface area contributed by atoms with E-state index in [2.05, 4.69) is 64.6 Å². The fraction of sp³-hybridized carbons (Fsp3) is 0.250. The van der Waals surface area contributed by atoms with E-state index < -0.39 is 0 Å². The zero-order chi connectivity index (χ0) is 17.6. The van der Waals surface area contributed by atoms with Gasteiger partial charge in [0.2, 0.25) is 5.95 Å². The van der Waals surface area contributed by atoms with E-state index in [1.165, 1.54) is 11.1 Å². The lowest BCUT2D eigenvalue weighted by molar-refractivity contribution is 0.647. The highest BCUT2D eigenvalue weighted by atomic mass is 15.1. The van der Waals surface area contributed by atoms with Crippen LogP contribution in [0.1, 0.15) is 25.0 Å². The van der Waals surface area contributed by atoms with Gasteiger partial charge in [-0.1, -0.05) is 19.9 Å². The van der Waals surface area contributed by atoms with Gasteiger partial charge in [0.25, 0.3) is 0 Å². The highest BCUT2D eigenvalue weighted by Gasteiger charge is 2.04. The molecule has 0 aliphatic rings. The summed E-state index contributed by atoms with van der Waals surface area (Å²) in [4.78, 5) is 12.8. The van der Waals surface area contributed by atoms with E-state index in [0.29, 0.717) is 11.9 Å². The van der Waals surface area contributed by atoms with E-state index in [0.717, 1.165) is 23.5 Å². The monoisotopic (exact) mass is 333 g/mol. The van der Waals surface area contributed by atoms with Gasteiger partial charge in [0, 0.05) is 23.8 Å². The van der Waals surface area contributed by atoms with E-state index in [1.54, 1.807) is 24.8 Å². The van der Waals surface area contributed by atoms with Crippen LogP contribution in [0.5, 0.6) is 0 Å². The van der Waals surface area contributed by atoms with Crippen molar-refractivity contribution in [3.8, 4) is 0 Å². The maximum Gasteiger partial charge on any atom is 0.227 e. The molecule has 128 valence electrons. The van der Waals surface area contributed by atoms with Gasteiger partial charge in [-0.25, -0.2) is 9.97 Å². The number of hydrogen-bond acceptors (Lipinski definition) is 5. The highest BCUT2D eigenvalue weighted by Crippen LogP contribution is 2.21.